The number of carbonyl (C=O) groups excluding carboxylic acids is 1. The van der Waals surface area contributed by atoms with E-state index in [1.54, 1.807) is 0 Å². The van der Waals surface area contributed by atoms with Gasteiger partial charge in [0.05, 0.1) is 0 Å². The molecule has 0 aromatic rings. The van der Waals surface area contributed by atoms with Gasteiger partial charge in [0.15, 0.2) is 0 Å². The van der Waals surface area contributed by atoms with E-state index >= 15 is 0 Å². The maximum absolute atomic E-state index is 12.0. The molecule has 1 atom stereocenters. The van der Waals surface area contributed by atoms with Crippen molar-refractivity contribution in [2.24, 2.45) is 11.1 Å². The van der Waals surface area contributed by atoms with Crippen LogP contribution in [0.1, 0.15) is 33.6 Å². The molecule has 0 aliphatic carbocycles. The fraction of sp³-hybridized carbons (Fsp3) is 0.900. The molecule has 1 unspecified atom stereocenters. The highest BCUT2D eigenvalue weighted by atomic mass is 19.4. The Morgan fingerprint density at radius 3 is 2.12 bits per heavy atom. The highest BCUT2D eigenvalue weighted by Crippen LogP contribution is 2.23. The number of hydrogen-bond donors (Lipinski definition) is 2. The monoisotopic (exact) mass is 240 g/mol. The van der Waals surface area contributed by atoms with Crippen LogP contribution in [0.4, 0.5) is 13.2 Å². The van der Waals surface area contributed by atoms with Crippen molar-refractivity contribution in [3.05, 3.63) is 0 Å². The molecule has 6 heteroatoms. The van der Waals surface area contributed by atoms with Gasteiger partial charge in [-0.2, -0.15) is 13.2 Å². The third-order valence-electron chi connectivity index (χ3n) is 2.20. The third kappa shape index (κ3) is 6.66. The maximum atomic E-state index is 12.0. The largest absolute Gasteiger partial charge is 0.397 e. The first kappa shape index (κ1) is 15.2. The number of alkyl halides is 3. The van der Waals surface area contributed by atoms with Crippen molar-refractivity contribution >= 4 is 5.91 Å². The van der Waals surface area contributed by atoms with Crippen LogP contribution >= 0.6 is 0 Å². The average molecular weight is 240 g/mol. The number of carbonyl (C=O) groups is 1. The summed E-state index contributed by atoms with van der Waals surface area (Å²) in [6, 6.07) is -0.340. The van der Waals surface area contributed by atoms with Gasteiger partial charge in [-0.05, 0) is 18.4 Å². The molecule has 3 N–H and O–H groups in total. The van der Waals surface area contributed by atoms with Crippen LogP contribution in [0.5, 0.6) is 0 Å². The third-order valence-corrected chi connectivity index (χ3v) is 2.20. The van der Waals surface area contributed by atoms with Crippen LogP contribution in [-0.2, 0) is 4.79 Å². The molecule has 0 saturated heterocycles. The molecule has 96 valence electrons. The Balaban J connectivity index is 4.36. The molecule has 0 aliphatic rings. The van der Waals surface area contributed by atoms with Gasteiger partial charge in [-0.1, -0.05) is 20.8 Å². The lowest BCUT2D eigenvalue weighted by Crippen LogP contribution is -2.45. The minimum absolute atomic E-state index is 0.305. The van der Waals surface area contributed by atoms with E-state index in [1.807, 2.05) is 20.8 Å². The highest BCUT2D eigenvalue weighted by Gasteiger charge is 2.33. The fourth-order valence-corrected chi connectivity index (χ4v) is 1.32. The Bertz CT molecular complexity index is 233. The molecule has 1 amide bonds. The molecular formula is C10H19F3N2O. The molecular weight excluding hydrogens is 221 g/mol. The molecule has 16 heavy (non-hydrogen) atoms. The number of nitrogens with one attached hydrogen (secondary N) is 1. The Morgan fingerprint density at radius 1 is 1.31 bits per heavy atom. The lowest BCUT2D eigenvalue weighted by Gasteiger charge is -2.31. The van der Waals surface area contributed by atoms with Gasteiger partial charge in [0.1, 0.15) is 6.42 Å². The van der Waals surface area contributed by atoms with Gasteiger partial charge < -0.3 is 11.1 Å². The predicted molar refractivity (Wildman–Crippen MR) is 55.7 cm³/mol. The van der Waals surface area contributed by atoms with Gasteiger partial charge in [0, 0.05) is 6.04 Å². The van der Waals surface area contributed by atoms with E-state index in [1.165, 1.54) is 0 Å². The first-order valence-electron chi connectivity index (χ1n) is 5.12. The van der Waals surface area contributed by atoms with Crippen molar-refractivity contribution < 1.29 is 18.0 Å². The van der Waals surface area contributed by atoms with Crippen LogP contribution in [0, 0.1) is 5.41 Å². The number of amides is 1. The molecule has 0 bridgehead atoms. The summed E-state index contributed by atoms with van der Waals surface area (Å²) in [5.41, 5.74) is 5.05. The normalized spacial score (nSPS) is 14.7. The van der Waals surface area contributed by atoms with Crippen LogP contribution < -0.4 is 11.1 Å². The summed E-state index contributed by atoms with van der Waals surface area (Å²) < 4.78 is 35.9. The molecule has 0 aromatic heterocycles. The molecule has 0 aromatic carbocycles. The summed E-state index contributed by atoms with van der Waals surface area (Å²) in [5.74, 6) is -0.999. The van der Waals surface area contributed by atoms with Crippen molar-refractivity contribution in [2.45, 2.75) is 45.8 Å². The van der Waals surface area contributed by atoms with E-state index in [-0.39, 0.29) is 11.5 Å². The second-order valence-corrected chi connectivity index (χ2v) is 4.86. The molecule has 0 radical (unpaired) electrons. The van der Waals surface area contributed by atoms with Crippen molar-refractivity contribution in [1.82, 2.24) is 5.32 Å². The average Bonchev–Trinajstić information content (AvgIpc) is 1.97. The second kappa shape index (κ2) is 5.52. The smallest absolute Gasteiger partial charge is 0.353 e. The maximum Gasteiger partial charge on any atom is 0.397 e. The Labute approximate surface area is 93.6 Å². The molecule has 0 saturated carbocycles. The fourth-order valence-electron chi connectivity index (χ4n) is 1.32. The summed E-state index contributed by atoms with van der Waals surface area (Å²) in [6.07, 6.45) is -5.44. The van der Waals surface area contributed by atoms with Crippen LogP contribution in [-0.4, -0.2) is 24.7 Å². The first-order valence-corrected chi connectivity index (χ1v) is 5.12. The Hall–Kier alpha value is -0.780. The summed E-state index contributed by atoms with van der Waals surface area (Å²) >= 11 is 0. The van der Waals surface area contributed by atoms with Gasteiger partial charge in [-0.25, -0.2) is 0 Å². The van der Waals surface area contributed by atoms with E-state index in [4.69, 9.17) is 5.73 Å². The summed E-state index contributed by atoms with van der Waals surface area (Å²) in [5, 5.41) is 2.38. The molecule has 3 nitrogen and oxygen atoms in total. The van der Waals surface area contributed by atoms with E-state index in [9.17, 15) is 18.0 Å². The number of rotatable bonds is 4. The number of hydrogen-bond acceptors (Lipinski definition) is 2. The minimum Gasteiger partial charge on any atom is -0.353 e. The van der Waals surface area contributed by atoms with Gasteiger partial charge in [-0.15, -0.1) is 0 Å². The van der Waals surface area contributed by atoms with E-state index < -0.39 is 18.5 Å². The predicted octanol–water partition coefficient (Wildman–Crippen LogP) is 1.82. The molecule has 0 heterocycles. The van der Waals surface area contributed by atoms with E-state index in [0.717, 1.165) is 0 Å². The van der Waals surface area contributed by atoms with Gasteiger partial charge in [0.25, 0.3) is 0 Å². The van der Waals surface area contributed by atoms with Crippen molar-refractivity contribution in [3.8, 4) is 0 Å². The van der Waals surface area contributed by atoms with Crippen molar-refractivity contribution in [2.75, 3.05) is 6.54 Å². The van der Waals surface area contributed by atoms with Crippen LogP contribution in [0.25, 0.3) is 0 Å². The first-order chi connectivity index (χ1) is 7.06. The molecule has 0 rings (SSSR count). The lowest BCUT2D eigenvalue weighted by molar-refractivity contribution is -0.154. The quantitative estimate of drug-likeness (QED) is 0.787. The topological polar surface area (TPSA) is 55.1 Å². The van der Waals surface area contributed by atoms with Crippen LogP contribution in [0.2, 0.25) is 0 Å². The van der Waals surface area contributed by atoms with E-state index in [2.05, 4.69) is 5.32 Å². The Kier molecular flexibility index (Phi) is 5.25. The van der Waals surface area contributed by atoms with Gasteiger partial charge in [0.2, 0.25) is 5.91 Å². The highest BCUT2D eigenvalue weighted by molar-refractivity contribution is 5.77. The van der Waals surface area contributed by atoms with E-state index in [0.29, 0.717) is 13.0 Å². The molecule has 0 fully saturated rings. The molecule has 0 aliphatic heterocycles. The number of nitrogens with two attached hydrogens (primary N) is 1. The van der Waals surface area contributed by atoms with Gasteiger partial charge in [-0.3, -0.25) is 4.79 Å². The summed E-state index contributed by atoms with van der Waals surface area (Å²) in [4.78, 5) is 11.1. The van der Waals surface area contributed by atoms with Crippen LogP contribution in [0.3, 0.4) is 0 Å². The zero-order valence-electron chi connectivity index (χ0n) is 9.82. The summed E-state index contributed by atoms with van der Waals surface area (Å²) in [6.45, 7) is 5.87. The van der Waals surface area contributed by atoms with Gasteiger partial charge >= 0.3 is 6.18 Å². The summed E-state index contributed by atoms with van der Waals surface area (Å²) in [7, 11) is 0. The SMILES string of the molecule is CC(C)(C)C(CCN)NC(=O)CC(F)(F)F. The standard InChI is InChI=1S/C10H19F3N2O/c1-9(2,3)7(4-5-14)15-8(16)6-10(11,12)13/h7H,4-6,14H2,1-3H3,(H,15,16). The zero-order valence-corrected chi connectivity index (χ0v) is 9.82. The lowest BCUT2D eigenvalue weighted by atomic mass is 9.84. The van der Waals surface area contributed by atoms with Crippen molar-refractivity contribution in [1.29, 1.82) is 0 Å². The van der Waals surface area contributed by atoms with Crippen molar-refractivity contribution in [3.63, 3.8) is 0 Å². The van der Waals surface area contributed by atoms with Crippen LogP contribution in [0.15, 0.2) is 0 Å². The Morgan fingerprint density at radius 2 is 1.81 bits per heavy atom. The number of halogens is 3. The minimum atomic E-state index is -4.46. The zero-order chi connectivity index (χ0) is 13.0. The second-order valence-electron chi connectivity index (χ2n) is 4.86. The molecule has 0 spiro atoms.